The van der Waals surface area contributed by atoms with E-state index in [9.17, 15) is 9.90 Å². The van der Waals surface area contributed by atoms with Gasteiger partial charge in [0.1, 0.15) is 0 Å². The zero-order chi connectivity index (χ0) is 13.1. The van der Waals surface area contributed by atoms with E-state index in [-0.39, 0.29) is 18.5 Å². The van der Waals surface area contributed by atoms with Crippen molar-refractivity contribution in [3.05, 3.63) is 22.4 Å². The lowest BCUT2D eigenvalue weighted by atomic mass is 9.99. The van der Waals surface area contributed by atoms with Crippen molar-refractivity contribution in [3.8, 4) is 0 Å². The van der Waals surface area contributed by atoms with Gasteiger partial charge in [-0.05, 0) is 32.2 Å². The average Bonchev–Trinajstić information content (AvgIpc) is 2.66. The van der Waals surface area contributed by atoms with Gasteiger partial charge < -0.3 is 15.5 Å². The predicted octanol–water partition coefficient (Wildman–Crippen LogP) is 2.01. The summed E-state index contributed by atoms with van der Waals surface area (Å²) in [6, 6.07) is 3.36. The third-order valence-corrected chi connectivity index (χ3v) is 3.76. The van der Waals surface area contributed by atoms with E-state index in [2.05, 4.69) is 5.32 Å². The fraction of sp³-hybridized carbons (Fsp3) is 0.583. The molecular weight excluding hydrogens is 238 g/mol. The lowest BCUT2D eigenvalue weighted by Gasteiger charge is -2.30. The Morgan fingerprint density at radius 2 is 2.24 bits per heavy atom. The van der Waals surface area contributed by atoms with Gasteiger partial charge in [-0.3, -0.25) is 4.79 Å². The first-order valence-corrected chi connectivity index (χ1v) is 6.42. The summed E-state index contributed by atoms with van der Waals surface area (Å²) in [5.74, 6) is -0.848. The van der Waals surface area contributed by atoms with E-state index >= 15 is 0 Å². The van der Waals surface area contributed by atoms with Crippen LogP contribution in [0.4, 0.5) is 0 Å². The minimum Gasteiger partial charge on any atom is -0.481 e. The largest absolute Gasteiger partial charge is 0.481 e. The molecule has 2 unspecified atom stereocenters. The van der Waals surface area contributed by atoms with Crippen molar-refractivity contribution in [2.45, 2.75) is 44.9 Å². The Hall–Kier alpha value is -0.910. The van der Waals surface area contributed by atoms with Crippen LogP contribution in [0.5, 0.6) is 0 Å². The summed E-state index contributed by atoms with van der Waals surface area (Å²) >= 11 is 1.52. The summed E-state index contributed by atoms with van der Waals surface area (Å²) in [6.45, 7) is 5.26. The van der Waals surface area contributed by atoms with Gasteiger partial charge >= 0.3 is 5.97 Å². The minimum absolute atomic E-state index is 0.0148. The maximum absolute atomic E-state index is 10.8. The van der Waals surface area contributed by atoms with Gasteiger partial charge in [0.25, 0.3) is 0 Å². The Balaban J connectivity index is 2.75. The van der Waals surface area contributed by atoms with Gasteiger partial charge in [0.15, 0.2) is 0 Å². The molecule has 0 fully saturated rings. The summed E-state index contributed by atoms with van der Waals surface area (Å²) < 4.78 is 0. The number of rotatable bonds is 6. The van der Waals surface area contributed by atoms with Crippen molar-refractivity contribution >= 4 is 17.3 Å². The molecule has 1 rings (SSSR count). The quantitative estimate of drug-likeness (QED) is 0.729. The summed E-state index contributed by atoms with van der Waals surface area (Å²) in [5, 5.41) is 23.8. The normalized spacial score (nSPS) is 15.5. The Bertz CT molecular complexity index is 356. The Labute approximate surface area is 105 Å². The van der Waals surface area contributed by atoms with Crippen molar-refractivity contribution in [1.29, 1.82) is 0 Å². The van der Waals surface area contributed by atoms with Gasteiger partial charge in [0.2, 0.25) is 0 Å². The van der Waals surface area contributed by atoms with E-state index in [1.165, 1.54) is 11.3 Å². The number of nitrogens with one attached hydrogen (secondary N) is 1. The van der Waals surface area contributed by atoms with Crippen molar-refractivity contribution in [2.75, 3.05) is 0 Å². The highest BCUT2D eigenvalue weighted by Gasteiger charge is 2.26. The van der Waals surface area contributed by atoms with Crippen molar-refractivity contribution in [2.24, 2.45) is 0 Å². The molecule has 17 heavy (non-hydrogen) atoms. The number of hydrogen-bond acceptors (Lipinski definition) is 4. The second-order valence-corrected chi connectivity index (χ2v) is 5.69. The maximum atomic E-state index is 10.8. The van der Waals surface area contributed by atoms with Crippen LogP contribution >= 0.6 is 11.3 Å². The van der Waals surface area contributed by atoms with Gasteiger partial charge in [-0.25, -0.2) is 0 Å². The molecule has 1 aromatic rings. The number of carboxylic acid groups (broad SMARTS) is 1. The van der Waals surface area contributed by atoms with Crippen LogP contribution in [-0.2, 0) is 4.79 Å². The highest BCUT2D eigenvalue weighted by atomic mass is 32.1. The van der Waals surface area contributed by atoms with E-state index in [0.29, 0.717) is 0 Å². The second-order valence-electron chi connectivity index (χ2n) is 4.71. The lowest BCUT2D eigenvalue weighted by Crippen LogP contribution is -2.46. The monoisotopic (exact) mass is 257 g/mol. The predicted molar refractivity (Wildman–Crippen MR) is 68.2 cm³/mol. The lowest BCUT2D eigenvalue weighted by molar-refractivity contribution is -0.137. The van der Waals surface area contributed by atoms with Crippen LogP contribution in [0.3, 0.4) is 0 Å². The second kappa shape index (κ2) is 5.62. The van der Waals surface area contributed by atoms with Crippen LogP contribution in [0, 0.1) is 0 Å². The summed E-state index contributed by atoms with van der Waals surface area (Å²) in [7, 11) is 0. The number of carbonyl (C=O) groups is 1. The molecular formula is C12H19NO3S. The molecule has 5 heteroatoms. The molecule has 4 nitrogen and oxygen atoms in total. The molecule has 0 aromatic carbocycles. The van der Waals surface area contributed by atoms with Crippen LogP contribution in [0.25, 0.3) is 0 Å². The number of aliphatic carboxylic acids is 1. The third-order valence-electron chi connectivity index (χ3n) is 2.78. The first-order chi connectivity index (χ1) is 7.80. The van der Waals surface area contributed by atoms with Gasteiger partial charge in [-0.1, -0.05) is 6.07 Å². The molecule has 0 aliphatic carbocycles. The Morgan fingerprint density at radius 1 is 1.59 bits per heavy atom. The minimum atomic E-state index is -0.881. The molecule has 0 radical (unpaired) electrons. The number of aliphatic hydroxyl groups is 1. The maximum Gasteiger partial charge on any atom is 0.305 e. The SMILES string of the molecule is CC(NC(CC(=O)O)c1cccs1)C(C)(C)O. The van der Waals surface area contributed by atoms with Gasteiger partial charge in [-0.15, -0.1) is 11.3 Å². The van der Waals surface area contributed by atoms with E-state index < -0.39 is 11.6 Å². The van der Waals surface area contributed by atoms with Crippen LogP contribution in [0.15, 0.2) is 17.5 Å². The van der Waals surface area contributed by atoms with Crippen LogP contribution < -0.4 is 5.32 Å². The van der Waals surface area contributed by atoms with E-state index in [1.54, 1.807) is 13.8 Å². The molecule has 0 saturated carbocycles. The van der Waals surface area contributed by atoms with E-state index in [0.717, 1.165) is 4.88 Å². The Morgan fingerprint density at radius 3 is 2.65 bits per heavy atom. The molecule has 0 aliphatic rings. The van der Waals surface area contributed by atoms with Crippen LogP contribution in [0.1, 0.15) is 38.1 Å². The average molecular weight is 257 g/mol. The molecule has 0 saturated heterocycles. The van der Waals surface area contributed by atoms with E-state index in [4.69, 9.17) is 5.11 Å². The van der Waals surface area contributed by atoms with Gasteiger partial charge in [0.05, 0.1) is 18.1 Å². The molecule has 3 N–H and O–H groups in total. The number of hydrogen-bond donors (Lipinski definition) is 3. The first-order valence-electron chi connectivity index (χ1n) is 5.54. The smallest absolute Gasteiger partial charge is 0.305 e. The van der Waals surface area contributed by atoms with Crippen LogP contribution in [0.2, 0.25) is 0 Å². The standard InChI is InChI=1S/C12H19NO3S/c1-8(12(2,3)16)13-9(7-11(14)15)10-5-4-6-17-10/h4-6,8-9,13,16H,7H2,1-3H3,(H,14,15). The molecule has 96 valence electrons. The molecule has 0 bridgehead atoms. The zero-order valence-corrected chi connectivity index (χ0v) is 11.1. The van der Waals surface area contributed by atoms with Crippen molar-refractivity contribution in [1.82, 2.24) is 5.32 Å². The van der Waals surface area contributed by atoms with Gasteiger partial charge in [0, 0.05) is 10.9 Å². The summed E-state index contributed by atoms with van der Waals surface area (Å²) in [6.07, 6.45) is 0.0148. The topological polar surface area (TPSA) is 69.6 Å². The molecule has 0 spiro atoms. The molecule has 0 amide bonds. The fourth-order valence-electron chi connectivity index (χ4n) is 1.41. The first kappa shape index (κ1) is 14.2. The summed E-state index contributed by atoms with van der Waals surface area (Å²) in [5.41, 5.74) is -0.881. The molecule has 1 aromatic heterocycles. The highest BCUT2D eigenvalue weighted by molar-refractivity contribution is 7.10. The Kier molecular flexibility index (Phi) is 4.68. The number of thiophene rings is 1. The molecule has 2 atom stereocenters. The molecule has 0 aliphatic heterocycles. The third kappa shape index (κ3) is 4.46. The number of carboxylic acids is 1. The van der Waals surface area contributed by atoms with E-state index in [1.807, 2.05) is 24.4 Å². The van der Waals surface area contributed by atoms with Gasteiger partial charge in [-0.2, -0.15) is 0 Å². The van der Waals surface area contributed by atoms with Crippen molar-refractivity contribution in [3.63, 3.8) is 0 Å². The fourth-order valence-corrected chi connectivity index (χ4v) is 2.20. The van der Waals surface area contributed by atoms with Crippen LogP contribution in [-0.4, -0.2) is 27.8 Å². The molecule has 1 heterocycles. The highest BCUT2D eigenvalue weighted by Crippen LogP contribution is 2.24. The van der Waals surface area contributed by atoms with Crippen molar-refractivity contribution < 1.29 is 15.0 Å². The summed E-state index contributed by atoms with van der Waals surface area (Å²) in [4.78, 5) is 11.8. The zero-order valence-electron chi connectivity index (χ0n) is 10.3.